The van der Waals surface area contributed by atoms with E-state index in [1.165, 1.54) is 7.11 Å². The molecule has 0 fully saturated rings. The number of allylic oxidation sites excluding steroid dienone is 1. The molecule has 2 aromatic rings. The molecule has 1 aliphatic rings. The van der Waals surface area contributed by atoms with Gasteiger partial charge in [0.15, 0.2) is 0 Å². The number of para-hydroxylation sites is 1. The molecule has 1 aliphatic carbocycles. The Hall–Kier alpha value is -2.95. The average Bonchev–Trinajstić information content (AvgIpc) is 2.65. The number of benzene rings is 2. The lowest BCUT2D eigenvalue weighted by atomic mass is 9.95. The van der Waals surface area contributed by atoms with E-state index in [-0.39, 0.29) is 0 Å². The number of methoxy groups -OCH3 is 2. The Morgan fingerprint density at radius 2 is 1.92 bits per heavy atom. The van der Waals surface area contributed by atoms with Crippen LogP contribution >= 0.6 is 0 Å². The summed E-state index contributed by atoms with van der Waals surface area (Å²) >= 11 is 0. The zero-order valence-corrected chi connectivity index (χ0v) is 13.7. The summed E-state index contributed by atoms with van der Waals surface area (Å²) in [5.74, 6) is 0.807. The van der Waals surface area contributed by atoms with Crippen LogP contribution < -0.4 is 15.0 Å². The molecule has 24 heavy (non-hydrogen) atoms. The molecule has 0 bridgehead atoms. The number of hydrogen-bond donors (Lipinski definition) is 1. The van der Waals surface area contributed by atoms with Gasteiger partial charge in [-0.1, -0.05) is 18.2 Å². The number of hydroxylamine groups is 1. The standard InChI is InChI=1S/C19H19NO4/c1-22-14-10-11-15-13(12-14)6-5-8-17(15)20-24-19(21)16-7-3-4-9-18(16)23-2/h3-4,7-12,20H,5-6H2,1-2H3. The normalized spacial score (nSPS) is 12.7. The molecule has 0 saturated carbocycles. The third-order valence-electron chi connectivity index (χ3n) is 3.95. The molecular formula is C19H19NO4. The molecule has 2 aromatic carbocycles. The number of ether oxygens (including phenoxy) is 2. The van der Waals surface area contributed by atoms with Gasteiger partial charge in [-0.2, -0.15) is 0 Å². The van der Waals surface area contributed by atoms with Gasteiger partial charge in [0.05, 0.1) is 19.9 Å². The lowest BCUT2D eigenvalue weighted by molar-refractivity contribution is 0.0364. The van der Waals surface area contributed by atoms with Crippen molar-refractivity contribution >= 4 is 11.7 Å². The Kier molecular flexibility index (Phi) is 4.70. The van der Waals surface area contributed by atoms with Gasteiger partial charge >= 0.3 is 5.97 Å². The van der Waals surface area contributed by atoms with E-state index in [9.17, 15) is 4.79 Å². The first-order chi connectivity index (χ1) is 11.7. The first kappa shape index (κ1) is 15.9. The topological polar surface area (TPSA) is 56.8 Å². The summed E-state index contributed by atoms with van der Waals surface area (Å²) in [5.41, 5.74) is 6.10. The second kappa shape index (κ2) is 7.08. The van der Waals surface area contributed by atoms with E-state index in [4.69, 9.17) is 14.3 Å². The van der Waals surface area contributed by atoms with Crippen LogP contribution in [-0.4, -0.2) is 20.2 Å². The third kappa shape index (κ3) is 3.20. The van der Waals surface area contributed by atoms with Gasteiger partial charge in [-0.3, -0.25) is 0 Å². The van der Waals surface area contributed by atoms with Gasteiger partial charge in [-0.15, -0.1) is 0 Å². The molecule has 124 valence electrons. The van der Waals surface area contributed by atoms with Crippen LogP contribution in [0.25, 0.3) is 5.70 Å². The van der Waals surface area contributed by atoms with Gasteiger partial charge in [0.1, 0.15) is 17.1 Å². The summed E-state index contributed by atoms with van der Waals surface area (Å²) < 4.78 is 10.4. The first-order valence-corrected chi connectivity index (χ1v) is 7.70. The smallest absolute Gasteiger partial charge is 0.366 e. The van der Waals surface area contributed by atoms with Gasteiger partial charge in [0, 0.05) is 5.56 Å². The van der Waals surface area contributed by atoms with Crippen molar-refractivity contribution in [2.75, 3.05) is 14.2 Å². The zero-order chi connectivity index (χ0) is 16.9. The minimum atomic E-state index is -0.492. The van der Waals surface area contributed by atoms with Gasteiger partial charge in [0.2, 0.25) is 0 Å². The molecule has 1 N–H and O–H groups in total. The van der Waals surface area contributed by atoms with E-state index in [1.807, 2.05) is 24.3 Å². The number of carbonyl (C=O) groups is 1. The van der Waals surface area contributed by atoms with Gasteiger partial charge in [-0.25, -0.2) is 10.3 Å². The molecule has 0 heterocycles. The van der Waals surface area contributed by atoms with Crippen molar-refractivity contribution in [1.29, 1.82) is 0 Å². The van der Waals surface area contributed by atoms with Crippen molar-refractivity contribution in [2.24, 2.45) is 0 Å². The highest BCUT2D eigenvalue weighted by Crippen LogP contribution is 2.28. The summed E-state index contributed by atoms with van der Waals surface area (Å²) in [4.78, 5) is 17.5. The van der Waals surface area contributed by atoms with Crippen molar-refractivity contribution in [1.82, 2.24) is 5.48 Å². The predicted octanol–water partition coefficient (Wildman–Crippen LogP) is 3.35. The molecule has 0 atom stereocenters. The fourth-order valence-corrected chi connectivity index (χ4v) is 2.71. The Balaban J connectivity index is 1.74. The number of aryl methyl sites for hydroxylation is 1. The fraction of sp³-hybridized carbons (Fsp3) is 0.211. The monoisotopic (exact) mass is 325 g/mol. The van der Waals surface area contributed by atoms with E-state index in [2.05, 4.69) is 5.48 Å². The van der Waals surface area contributed by atoms with Crippen LogP contribution in [0.3, 0.4) is 0 Å². The van der Waals surface area contributed by atoms with E-state index >= 15 is 0 Å². The summed E-state index contributed by atoms with van der Waals surface area (Å²) in [5, 5.41) is 0. The molecule has 0 amide bonds. The highest BCUT2D eigenvalue weighted by Gasteiger charge is 2.17. The number of fused-ring (bicyclic) bond motifs is 1. The molecule has 0 saturated heterocycles. The van der Waals surface area contributed by atoms with Crippen molar-refractivity contribution < 1.29 is 19.1 Å². The van der Waals surface area contributed by atoms with Crippen molar-refractivity contribution in [3.8, 4) is 11.5 Å². The second-order valence-corrected chi connectivity index (χ2v) is 5.37. The number of hydrogen-bond acceptors (Lipinski definition) is 5. The largest absolute Gasteiger partial charge is 0.497 e. The summed E-state index contributed by atoms with van der Waals surface area (Å²) in [6, 6.07) is 12.8. The molecular weight excluding hydrogens is 306 g/mol. The van der Waals surface area contributed by atoms with E-state index in [0.29, 0.717) is 11.3 Å². The fourth-order valence-electron chi connectivity index (χ4n) is 2.71. The first-order valence-electron chi connectivity index (χ1n) is 7.70. The van der Waals surface area contributed by atoms with Crippen LogP contribution in [0.15, 0.2) is 48.5 Å². The maximum absolute atomic E-state index is 12.3. The van der Waals surface area contributed by atoms with E-state index in [1.54, 1.807) is 31.4 Å². The molecule has 0 spiro atoms. The molecule has 0 radical (unpaired) electrons. The van der Waals surface area contributed by atoms with Crippen molar-refractivity contribution in [2.45, 2.75) is 12.8 Å². The average molecular weight is 325 g/mol. The van der Waals surface area contributed by atoms with Crippen molar-refractivity contribution in [3.63, 3.8) is 0 Å². The van der Waals surface area contributed by atoms with Crippen LogP contribution in [0.2, 0.25) is 0 Å². The highest BCUT2D eigenvalue weighted by molar-refractivity contribution is 5.92. The van der Waals surface area contributed by atoms with Crippen LogP contribution in [0.4, 0.5) is 0 Å². The maximum atomic E-state index is 12.3. The van der Waals surface area contributed by atoms with E-state index in [0.717, 1.165) is 35.4 Å². The maximum Gasteiger partial charge on any atom is 0.366 e. The van der Waals surface area contributed by atoms with Crippen molar-refractivity contribution in [3.05, 3.63) is 65.2 Å². The van der Waals surface area contributed by atoms with E-state index < -0.39 is 5.97 Å². The minimum Gasteiger partial charge on any atom is -0.497 e. The van der Waals surface area contributed by atoms with Crippen LogP contribution in [0.1, 0.15) is 27.9 Å². The molecule has 3 rings (SSSR count). The lowest BCUT2D eigenvalue weighted by Crippen LogP contribution is -2.21. The molecule has 0 aromatic heterocycles. The zero-order valence-electron chi connectivity index (χ0n) is 13.7. The second-order valence-electron chi connectivity index (χ2n) is 5.37. The van der Waals surface area contributed by atoms with Gasteiger partial charge < -0.3 is 14.3 Å². The summed E-state index contributed by atoms with van der Waals surface area (Å²) in [6.07, 6.45) is 3.82. The summed E-state index contributed by atoms with van der Waals surface area (Å²) in [7, 11) is 3.17. The Morgan fingerprint density at radius 3 is 2.71 bits per heavy atom. The number of carbonyl (C=O) groups excluding carboxylic acids is 1. The molecule has 5 heteroatoms. The van der Waals surface area contributed by atoms with Gasteiger partial charge in [0.25, 0.3) is 0 Å². The molecule has 0 unspecified atom stereocenters. The number of rotatable bonds is 5. The molecule has 0 aliphatic heterocycles. The Labute approximate surface area is 140 Å². The third-order valence-corrected chi connectivity index (χ3v) is 3.95. The van der Waals surface area contributed by atoms with Crippen LogP contribution in [0.5, 0.6) is 11.5 Å². The molecule has 5 nitrogen and oxygen atoms in total. The lowest BCUT2D eigenvalue weighted by Gasteiger charge is -2.19. The minimum absolute atomic E-state index is 0.374. The Bertz CT molecular complexity index is 783. The summed E-state index contributed by atoms with van der Waals surface area (Å²) in [6.45, 7) is 0. The van der Waals surface area contributed by atoms with Gasteiger partial charge in [-0.05, 0) is 48.7 Å². The SMILES string of the molecule is COc1ccc2c(c1)CCC=C2NOC(=O)c1ccccc1OC. The quantitative estimate of drug-likeness (QED) is 0.854. The highest BCUT2D eigenvalue weighted by atomic mass is 16.7. The van der Waals surface area contributed by atoms with Crippen LogP contribution in [0, 0.1) is 0 Å². The number of nitrogens with one attached hydrogen (secondary N) is 1. The van der Waals surface area contributed by atoms with Crippen LogP contribution in [-0.2, 0) is 11.3 Å². The predicted molar refractivity (Wildman–Crippen MR) is 90.8 cm³/mol. The Morgan fingerprint density at radius 1 is 1.08 bits per heavy atom.